The third-order valence-corrected chi connectivity index (χ3v) is 5.08. The van der Waals surface area contributed by atoms with Crippen molar-refractivity contribution in [2.24, 2.45) is 0 Å². The number of fused-ring (bicyclic) bond motifs is 2. The Bertz CT molecular complexity index is 894. The molecule has 0 unspecified atom stereocenters. The van der Waals surface area contributed by atoms with Crippen LogP contribution in [-0.2, 0) is 0 Å². The molecule has 6 nitrogen and oxygen atoms in total. The fourth-order valence-corrected chi connectivity index (χ4v) is 3.40. The fraction of sp³-hybridized carbons (Fsp3) is 0.444. The molecule has 0 atom stereocenters. The lowest BCUT2D eigenvalue weighted by molar-refractivity contribution is 0.444. The van der Waals surface area contributed by atoms with Gasteiger partial charge in [0, 0.05) is 54.4 Å². The number of nitrogens with zero attached hydrogens (tertiary/aromatic N) is 6. The topological polar surface area (TPSA) is 38.7 Å². The molecule has 2 aliphatic heterocycles. The van der Waals surface area contributed by atoms with Gasteiger partial charge in [-0.05, 0) is 0 Å². The van der Waals surface area contributed by atoms with Gasteiger partial charge in [-0.15, -0.1) is 0 Å². The highest BCUT2D eigenvalue weighted by Gasteiger charge is 2.30. The maximum Gasteiger partial charge on any atom is 0.253 e. The summed E-state index contributed by atoms with van der Waals surface area (Å²) in [6, 6.07) is 0. The molecule has 0 N–H and O–H groups in total. The van der Waals surface area contributed by atoms with Crippen LogP contribution in [0, 0.1) is 35.4 Å². The fourth-order valence-electron chi connectivity index (χ4n) is 3.40. The molecule has 30 heavy (non-hydrogen) atoms. The highest BCUT2D eigenvalue weighted by Crippen LogP contribution is 2.37. The SMILES string of the molecule is CN1CCN(C)c2c(F)c(F)nc(F)c21.CN1CCN(C)c2c(F)c(F)nc(F)c21. The molecule has 2 aromatic heterocycles. The van der Waals surface area contributed by atoms with E-state index in [1.54, 1.807) is 28.2 Å². The monoisotopic (exact) mass is 434 g/mol. The number of likely N-dealkylation sites (N-methyl/N-ethyl adjacent to an activating group) is 4. The summed E-state index contributed by atoms with van der Waals surface area (Å²) in [5.41, 5.74) is -0.0900. The van der Waals surface area contributed by atoms with E-state index in [9.17, 15) is 26.3 Å². The van der Waals surface area contributed by atoms with Gasteiger partial charge in [0.25, 0.3) is 11.9 Å². The van der Waals surface area contributed by atoms with Gasteiger partial charge < -0.3 is 19.6 Å². The number of halogens is 6. The molecule has 12 heteroatoms. The number of aromatic nitrogens is 2. The van der Waals surface area contributed by atoms with Crippen LogP contribution in [0.5, 0.6) is 0 Å². The third kappa shape index (κ3) is 3.65. The summed E-state index contributed by atoms with van der Waals surface area (Å²) in [7, 11) is 6.42. The van der Waals surface area contributed by atoms with E-state index in [2.05, 4.69) is 9.97 Å². The van der Waals surface area contributed by atoms with Gasteiger partial charge >= 0.3 is 0 Å². The van der Waals surface area contributed by atoms with Crippen molar-refractivity contribution in [3.8, 4) is 0 Å². The van der Waals surface area contributed by atoms with Crippen molar-refractivity contribution in [2.75, 3.05) is 74.0 Å². The van der Waals surface area contributed by atoms with Crippen LogP contribution < -0.4 is 19.6 Å². The first-order valence-electron chi connectivity index (χ1n) is 8.98. The molecule has 0 amide bonds. The summed E-state index contributed by atoms with van der Waals surface area (Å²) in [5, 5.41) is 0. The molecule has 0 aromatic carbocycles. The van der Waals surface area contributed by atoms with Crippen molar-refractivity contribution in [3.05, 3.63) is 35.4 Å². The molecule has 0 saturated carbocycles. The quantitative estimate of drug-likeness (QED) is 0.469. The molecule has 4 rings (SSSR count). The summed E-state index contributed by atoms with van der Waals surface area (Å²) in [5.74, 6) is -6.93. The minimum atomic E-state index is -1.40. The minimum Gasteiger partial charge on any atom is -0.368 e. The van der Waals surface area contributed by atoms with E-state index in [-0.39, 0.29) is 22.7 Å². The molecule has 2 aromatic rings. The Morgan fingerprint density at radius 2 is 0.733 bits per heavy atom. The molecule has 0 fully saturated rings. The van der Waals surface area contributed by atoms with E-state index in [0.717, 1.165) is 0 Å². The van der Waals surface area contributed by atoms with Crippen LogP contribution in [0.1, 0.15) is 0 Å². The molecule has 2 aliphatic rings. The Balaban J connectivity index is 0.000000171. The van der Waals surface area contributed by atoms with Gasteiger partial charge in [0.1, 0.15) is 22.7 Å². The summed E-state index contributed by atoms with van der Waals surface area (Å²) < 4.78 is 79.3. The summed E-state index contributed by atoms with van der Waals surface area (Å²) >= 11 is 0. The average molecular weight is 434 g/mol. The Hall–Kier alpha value is -2.92. The predicted octanol–water partition coefficient (Wildman–Crippen LogP) is 2.77. The number of pyridine rings is 2. The summed E-state index contributed by atoms with van der Waals surface area (Å²) in [4.78, 5) is 11.8. The normalized spacial score (nSPS) is 15.5. The smallest absolute Gasteiger partial charge is 0.253 e. The first-order valence-corrected chi connectivity index (χ1v) is 8.98. The van der Waals surface area contributed by atoms with Crippen LogP contribution in [0.25, 0.3) is 0 Å². The second-order valence-electron chi connectivity index (χ2n) is 7.10. The van der Waals surface area contributed by atoms with E-state index in [4.69, 9.17) is 0 Å². The van der Waals surface area contributed by atoms with Crippen molar-refractivity contribution in [1.82, 2.24) is 9.97 Å². The molecule has 0 bridgehead atoms. The van der Waals surface area contributed by atoms with Crippen LogP contribution >= 0.6 is 0 Å². The van der Waals surface area contributed by atoms with Gasteiger partial charge in [-0.2, -0.15) is 36.3 Å². The zero-order chi connectivity index (χ0) is 22.3. The summed E-state index contributed by atoms with van der Waals surface area (Å²) in [6.07, 6.45) is 0. The Morgan fingerprint density at radius 3 is 1.03 bits per heavy atom. The number of rotatable bonds is 0. The van der Waals surface area contributed by atoms with Crippen LogP contribution in [0.4, 0.5) is 49.1 Å². The minimum absolute atomic E-state index is 0.0163. The van der Waals surface area contributed by atoms with Gasteiger partial charge in [-0.3, -0.25) is 0 Å². The molecule has 4 heterocycles. The van der Waals surface area contributed by atoms with Crippen molar-refractivity contribution in [3.63, 3.8) is 0 Å². The predicted molar refractivity (Wildman–Crippen MR) is 101 cm³/mol. The highest BCUT2D eigenvalue weighted by molar-refractivity contribution is 5.73. The van der Waals surface area contributed by atoms with E-state index in [1.807, 2.05) is 0 Å². The van der Waals surface area contributed by atoms with Gasteiger partial charge in [-0.1, -0.05) is 0 Å². The lowest BCUT2D eigenvalue weighted by Gasteiger charge is -2.34. The molecule has 0 radical (unpaired) electrons. The van der Waals surface area contributed by atoms with Gasteiger partial charge in [0.15, 0.2) is 0 Å². The first-order chi connectivity index (χ1) is 14.0. The molecular formula is C18H20F6N6. The van der Waals surface area contributed by atoms with Crippen LogP contribution in [0.2, 0.25) is 0 Å². The zero-order valence-corrected chi connectivity index (χ0v) is 16.8. The lowest BCUT2D eigenvalue weighted by atomic mass is 10.2. The van der Waals surface area contributed by atoms with E-state index >= 15 is 0 Å². The van der Waals surface area contributed by atoms with Crippen LogP contribution in [-0.4, -0.2) is 64.3 Å². The lowest BCUT2D eigenvalue weighted by Crippen LogP contribution is -2.38. The highest BCUT2D eigenvalue weighted by atomic mass is 19.2. The Labute approximate surface area is 169 Å². The zero-order valence-electron chi connectivity index (χ0n) is 16.8. The van der Waals surface area contributed by atoms with E-state index < -0.39 is 35.4 Å². The van der Waals surface area contributed by atoms with Crippen LogP contribution in [0.15, 0.2) is 0 Å². The van der Waals surface area contributed by atoms with E-state index in [0.29, 0.717) is 26.2 Å². The van der Waals surface area contributed by atoms with Crippen molar-refractivity contribution < 1.29 is 26.3 Å². The maximum atomic E-state index is 13.4. The Kier molecular flexibility index (Phi) is 5.86. The molecular weight excluding hydrogens is 414 g/mol. The number of hydrogen-bond acceptors (Lipinski definition) is 6. The molecule has 0 saturated heterocycles. The third-order valence-electron chi connectivity index (χ3n) is 5.08. The second kappa shape index (κ2) is 8.07. The van der Waals surface area contributed by atoms with Gasteiger partial charge in [-0.25, -0.2) is 0 Å². The first kappa shape index (κ1) is 21.8. The molecule has 164 valence electrons. The van der Waals surface area contributed by atoms with Crippen LogP contribution in [0.3, 0.4) is 0 Å². The molecule has 0 aliphatic carbocycles. The van der Waals surface area contributed by atoms with Crippen molar-refractivity contribution in [1.29, 1.82) is 0 Å². The number of anilines is 4. The maximum absolute atomic E-state index is 13.4. The van der Waals surface area contributed by atoms with E-state index in [1.165, 1.54) is 19.6 Å². The standard InChI is InChI=1S/2C9H10F3N3/c2*1-14-3-4-15(2)7-6(14)5(10)8(11)13-9(7)12/h2*3-4H2,1-2H3. The van der Waals surface area contributed by atoms with Crippen molar-refractivity contribution in [2.45, 2.75) is 0 Å². The second-order valence-corrected chi connectivity index (χ2v) is 7.10. The van der Waals surface area contributed by atoms with Gasteiger partial charge in [0.2, 0.25) is 23.5 Å². The number of hydrogen-bond donors (Lipinski definition) is 0. The van der Waals surface area contributed by atoms with Crippen molar-refractivity contribution >= 4 is 22.7 Å². The largest absolute Gasteiger partial charge is 0.368 e. The average Bonchev–Trinajstić information content (AvgIpc) is 2.68. The Morgan fingerprint density at radius 1 is 0.467 bits per heavy atom. The van der Waals surface area contributed by atoms with Gasteiger partial charge in [0.05, 0.1) is 0 Å². The molecule has 0 spiro atoms. The summed E-state index contributed by atoms with van der Waals surface area (Å²) in [6.45, 7) is 2.13.